The van der Waals surface area contributed by atoms with E-state index in [1.54, 1.807) is 0 Å². The van der Waals surface area contributed by atoms with Crippen molar-refractivity contribution < 1.29 is 9.63 Å². The van der Waals surface area contributed by atoms with Crippen molar-refractivity contribution in [2.45, 2.75) is 44.6 Å². The molecule has 2 aliphatic rings. The molecule has 1 N–H and O–H groups in total. The number of hydroxylamine groups is 1. The Bertz CT molecular complexity index is 413. The summed E-state index contributed by atoms with van der Waals surface area (Å²) in [5.41, 5.74) is 5.27. The first-order valence-corrected chi connectivity index (χ1v) is 6.85. The van der Waals surface area contributed by atoms with Crippen molar-refractivity contribution in [3.05, 3.63) is 35.4 Å². The first-order chi connectivity index (χ1) is 8.83. The largest absolute Gasteiger partial charge is 0.272 e. The highest BCUT2D eigenvalue weighted by Gasteiger charge is 2.28. The summed E-state index contributed by atoms with van der Waals surface area (Å²) in [5, 5.41) is 0. The lowest BCUT2D eigenvalue weighted by molar-refractivity contribution is -0.142. The van der Waals surface area contributed by atoms with Crippen LogP contribution in [0.15, 0.2) is 24.3 Å². The van der Waals surface area contributed by atoms with Gasteiger partial charge in [-0.1, -0.05) is 37.1 Å². The molecule has 1 aromatic carbocycles. The van der Waals surface area contributed by atoms with Crippen molar-refractivity contribution in [3.8, 4) is 0 Å². The Balaban J connectivity index is 1.52. The zero-order valence-electron chi connectivity index (χ0n) is 10.5. The van der Waals surface area contributed by atoms with Crippen molar-refractivity contribution in [1.29, 1.82) is 0 Å². The molecular formula is C15H19NO2. The van der Waals surface area contributed by atoms with Gasteiger partial charge in [-0.05, 0) is 36.8 Å². The summed E-state index contributed by atoms with van der Waals surface area (Å²) in [6.07, 6.45) is 6.51. The molecule has 0 saturated heterocycles. The molecule has 0 radical (unpaired) electrons. The van der Waals surface area contributed by atoms with Crippen LogP contribution in [0.4, 0.5) is 0 Å². The van der Waals surface area contributed by atoms with Gasteiger partial charge < -0.3 is 0 Å². The van der Waals surface area contributed by atoms with E-state index >= 15 is 0 Å². The van der Waals surface area contributed by atoms with Crippen LogP contribution in [0.3, 0.4) is 0 Å². The van der Waals surface area contributed by atoms with Crippen LogP contribution in [0.2, 0.25) is 0 Å². The second-order valence-corrected chi connectivity index (χ2v) is 5.36. The van der Waals surface area contributed by atoms with Gasteiger partial charge in [0, 0.05) is 5.92 Å². The van der Waals surface area contributed by atoms with Crippen LogP contribution in [-0.4, -0.2) is 12.0 Å². The van der Waals surface area contributed by atoms with E-state index in [4.69, 9.17) is 4.84 Å². The van der Waals surface area contributed by atoms with Crippen molar-refractivity contribution in [1.82, 2.24) is 5.48 Å². The van der Waals surface area contributed by atoms with E-state index in [-0.39, 0.29) is 17.9 Å². The molecule has 1 saturated carbocycles. The second-order valence-electron chi connectivity index (χ2n) is 5.36. The molecule has 1 aromatic rings. The van der Waals surface area contributed by atoms with Crippen molar-refractivity contribution in [3.63, 3.8) is 0 Å². The maximum absolute atomic E-state index is 12.0. The van der Waals surface area contributed by atoms with Crippen molar-refractivity contribution in [2.24, 2.45) is 5.92 Å². The molecule has 3 rings (SSSR count). The summed E-state index contributed by atoms with van der Waals surface area (Å²) in [6.45, 7) is 0. The molecule has 18 heavy (non-hydrogen) atoms. The van der Waals surface area contributed by atoms with E-state index in [2.05, 4.69) is 17.6 Å². The van der Waals surface area contributed by atoms with Gasteiger partial charge >= 0.3 is 0 Å². The van der Waals surface area contributed by atoms with Crippen LogP contribution in [0, 0.1) is 5.92 Å². The highest BCUT2D eigenvalue weighted by molar-refractivity contribution is 5.79. The van der Waals surface area contributed by atoms with Crippen molar-refractivity contribution >= 4 is 5.91 Å². The predicted molar refractivity (Wildman–Crippen MR) is 68.8 cm³/mol. The van der Waals surface area contributed by atoms with E-state index in [1.807, 2.05) is 12.1 Å². The van der Waals surface area contributed by atoms with Gasteiger partial charge in [-0.25, -0.2) is 5.48 Å². The Kier molecular flexibility index (Phi) is 3.33. The van der Waals surface area contributed by atoms with E-state index in [0.717, 1.165) is 25.7 Å². The molecule has 0 aromatic heterocycles. The Hall–Kier alpha value is -1.35. The molecule has 1 amide bonds. The van der Waals surface area contributed by atoms with E-state index in [1.165, 1.54) is 24.0 Å². The fourth-order valence-electron chi connectivity index (χ4n) is 2.98. The number of amides is 1. The van der Waals surface area contributed by atoms with Gasteiger partial charge in [0.2, 0.25) is 5.91 Å². The minimum absolute atomic E-state index is 0.0399. The van der Waals surface area contributed by atoms with E-state index in [0.29, 0.717) is 0 Å². The average molecular weight is 245 g/mol. The molecule has 0 bridgehead atoms. The molecular weight excluding hydrogens is 226 g/mol. The van der Waals surface area contributed by atoms with E-state index < -0.39 is 0 Å². The fraction of sp³-hybridized carbons (Fsp3) is 0.533. The molecule has 3 nitrogen and oxygen atoms in total. The van der Waals surface area contributed by atoms with Gasteiger partial charge in [-0.15, -0.1) is 0 Å². The van der Waals surface area contributed by atoms with Gasteiger partial charge in [0.1, 0.15) is 0 Å². The van der Waals surface area contributed by atoms with Gasteiger partial charge in [0.05, 0.1) is 6.10 Å². The van der Waals surface area contributed by atoms with Gasteiger partial charge in [0.25, 0.3) is 0 Å². The summed E-state index contributed by atoms with van der Waals surface area (Å²) in [4.78, 5) is 17.5. The lowest BCUT2D eigenvalue weighted by atomic mass is 10.1. The van der Waals surface area contributed by atoms with Gasteiger partial charge in [-0.2, -0.15) is 0 Å². The summed E-state index contributed by atoms with van der Waals surface area (Å²) in [5.74, 6) is 0.0851. The molecule has 0 unspecified atom stereocenters. The van der Waals surface area contributed by atoms with Crippen LogP contribution >= 0.6 is 0 Å². The van der Waals surface area contributed by atoms with Crippen LogP contribution in [-0.2, 0) is 22.5 Å². The maximum atomic E-state index is 12.0. The zero-order valence-corrected chi connectivity index (χ0v) is 10.5. The predicted octanol–water partition coefficient (Wildman–Crippen LogP) is 2.39. The number of carbonyl (C=O) groups is 1. The first kappa shape index (κ1) is 11.7. The van der Waals surface area contributed by atoms with Crippen LogP contribution in [0.25, 0.3) is 0 Å². The summed E-state index contributed by atoms with van der Waals surface area (Å²) < 4.78 is 0. The molecule has 3 heteroatoms. The third kappa shape index (κ3) is 2.41. The normalized spacial score (nSPS) is 20.0. The Labute approximate surface area is 107 Å². The number of carbonyl (C=O) groups excluding carboxylic acids is 1. The maximum Gasteiger partial charge on any atom is 0.247 e. The lowest BCUT2D eigenvalue weighted by Gasteiger charge is -2.14. The highest BCUT2D eigenvalue weighted by Crippen LogP contribution is 2.27. The molecule has 0 atom stereocenters. The fourth-order valence-corrected chi connectivity index (χ4v) is 2.98. The molecule has 2 aliphatic carbocycles. The van der Waals surface area contributed by atoms with Crippen LogP contribution in [0.1, 0.15) is 36.8 Å². The Morgan fingerprint density at radius 2 is 1.72 bits per heavy atom. The van der Waals surface area contributed by atoms with E-state index in [9.17, 15) is 4.79 Å². The molecule has 0 spiro atoms. The number of benzene rings is 1. The SMILES string of the molecule is O=C(NOC1CCCC1)C1Cc2ccccc2C1. The highest BCUT2D eigenvalue weighted by atomic mass is 16.7. The third-order valence-electron chi connectivity index (χ3n) is 4.05. The van der Waals surface area contributed by atoms with Crippen molar-refractivity contribution in [2.75, 3.05) is 0 Å². The second kappa shape index (κ2) is 5.11. The summed E-state index contributed by atoms with van der Waals surface area (Å²) in [6, 6.07) is 8.29. The third-order valence-corrected chi connectivity index (χ3v) is 4.05. The monoisotopic (exact) mass is 245 g/mol. The minimum atomic E-state index is 0.0399. The molecule has 1 fully saturated rings. The van der Waals surface area contributed by atoms with Crippen LogP contribution in [0.5, 0.6) is 0 Å². The molecule has 0 aliphatic heterocycles. The lowest BCUT2D eigenvalue weighted by Crippen LogP contribution is -2.34. The zero-order chi connectivity index (χ0) is 12.4. The average Bonchev–Trinajstić information content (AvgIpc) is 3.04. The number of rotatable bonds is 3. The van der Waals surface area contributed by atoms with Gasteiger partial charge in [0.15, 0.2) is 0 Å². The molecule has 0 heterocycles. The quantitative estimate of drug-likeness (QED) is 0.830. The Morgan fingerprint density at radius 3 is 2.33 bits per heavy atom. The first-order valence-electron chi connectivity index (χ1n) is 6.85. The number of hydrogen-bond donors (Lipinski definition) is 1. The number of fused-ring (bicyclic) bond motifs is 1. The molecule has 96 valence electrons. The van der Waals surface area contributed by atoms with Crippen LogP contribution < -0.4 is 5.48 Å². The number of nitrogens with one attached hydrogen (secondary N) is 1. The smallest absolute Gasteiger partial charge is 0.247 e. The standard InChI is InChI=1S/C15H19NO2/c17-15(16-18-14-7-3-4-8-14)13-9-11-5-1-2-6-12(11)10-13/h1-2,5-6,13-14H,3-4,7-10H2,(H,16,17). The topological polar surface area (TPSA) is 38.3 Å². The number of hydrogen-bond acceptors (Lipinski definition) is 2. The summed E-state index contributed by atoms with van der Waals surface area (Å²) in [7, 11) is 0. The summed E-state index contributed by atoms with van der Waals surface area (Å²) >= 11 is 0. The minimum Gasteiger partial charge on any atom is -0.272 e. The van der Waals surface area contributed by atoms with Gasteiger partial charge in [-0.3, -0.25) is 9.63 Å². The Morgan fingerprint density at radius 1 is 1.11 bits per heavy atom.